The number of ether oxygens (including phenoxy) is 2. The maximum atomic E-state index is 5.10. The summed E-state index contributed by atoms with van der Waals surface area (Å²) in [5.74, 6) is 0. The van der Waals surface area contributed by atoms with E-state index in [1.807, 2.05) is 11.8 Å². The lowest BCUT2D eigenvalue weighted by molar-refractivity contribution is 0.195. The van der Waals surface area contributed by atoms with E-state index in [4.69, 9.17) is 9.47 Å². The van der Waals surface area contributed by atoms with Gasteiger partial charge in [-0.15, -0.1) is 11.8 Å². The van der Waals surface area contributed by atoms with Crippen LogP contribution in [0.5, 0.6) is 0 Å². The normalized spacial score (nSPS) is 12.6. The molecule has 0 aliphatic carbocycles. The fraction of sp³-hybridized carbons (Fsp3) is 0.600. The minimum Gasteiger partial charge on any atom is -0.385 e. The third-order valence-electron chi connectivity index (χ3n) is 2.80. The molecule has 4 heteroatoms. The lowest BCUT2D eigenvalue weighted by atomic mass is 10.2. The lowest BCUT2D eigenvalue weighted by Gasteiger charge is -2.11. The summed E-state index contributed by atoms with van der Waals surface area (Å²) in [4.78, 5) is 1.32. The maximum absolute atomic E-state index is 5.10. The van der Waals surface area contributed by atoms with Gasteiger partial charge >= 0.3 is 0 Å². The number of nitrogens with one attached hydrogen (secondary N) is 1. The summed E-state index contributed by atoms with van der Waals surface area (Å²) in [6, 6.07) is 8.76. The highest BCUT2D eigenvalue weighted by atomic mass is 32.2. The Labute approximate surface area is 121 Å². The molecule has 1 aromatic rings. The van der Waals surface area contributed by atoms with Gasteiger partial charge in [0.2, 0.25) is 0 Å². The SMILES string of the molecule is COCCNCc1ccc(SC(C)CCOC)cc1. The van der Waals surface area contributed by atoms with E-state index in [1.54, 1.807) is 14.2 Å². The zero-order valence-corrected chi connectivity index (χ0v) is 13.0. The molecule has 0 amide bonds. The van der Waals surface area contributed by atoms with Gasteiger partial charge in [0.15, 0.2) is 0 Å². The van der Waals surface area contributed by atoms with E-state index in [-0.39, 0.29) is 0 Å². The number of hydrogen-bond acceptors (Lipinski definition) is 4. The fourth-order valence-corrected chi connectivity index (χ4v) is 2.64. The van der Waals surface area contributed by atoms with E-state index in [2.05, 4.69) is 36.5 Å². The number of hydrogen-bond donors (Lipinski definition) is 1. The first-order valence-electron chi connectivity index (χ1n) is 6.70. The Bertz CT molecular complexity index is 329. The number of methoxy groups -OCH3 is 2. The van der Waals surface area contributed by atoms with Gasteiger partial charge in [0.05, 0.1) is 6.61 Å². The van der Waals surface area contributed by atoms with Crippen LogP contribution in [0.25, 0.3) is 0 Å². The van der Waals surface area contributed by atoms with Crippen molar-refractivity contribution in [3.63, 3.8) is 0 Å². The van der Waals surface area contributed by atoms with Gasteiger partial charge in [-0.1, -0.05) is 19.1 Å². The van der Waals surface area contributed by atoms with Crippen molar-refractivity contribution in [3.05, 3.63) is 29.8 Å². The summed E-state index contributed by atoms with van der Waals surface area (Å²) in [7, 11) is 3.47. The second-order valence-electron chi connectivity index (χ2n) is 4.52. The Morgan fingerprint density at radius 2 is 1.79 bits per heavy atom. The molecule has 0 bridgehead atoms. The fourth-order valence-electron chi connectivity index (χ4n) is 1.67. The van der Waals surface area contributed by atoms with E-state index in [9.17, 15) is 0 Å². The minimum absolute atomic E-state index is 0.589. The highest BCUT2D eigenvalue weighted by molar-refractivity contribution is 7.99. The van der Waals surface area contributed by atoms with E-state index < -0.39 is 0 Å². The zero-order valence-electron chi connectivity index (χ0n) is 12.1. The topological polar surface area (TPSA) is 30.5 Å². The predicted molar refractivity (Wildman–Crippen MR) is 81.8 cm³/mol. The van der Waals surface area contributed by atoms with Crippen LogP contribution >= 0.6 is 11.8 Å². The van der Waals surface area contributed by atoms with Gasteiger partial charge in [0.25, 0.3) is 0 Å². The van der Waals surface area contributed by atoms with Crippen LogP contribution in [0, 0.1) is 0 Å². The molecule has 0 aliphatic rings. The van der Waals surface area contributed by atoms with E-state index in [0.717, 1.165) is 32.7 Å². The molecule has 0 radical (unpaired) electrons. The van der Waals surface area contributed by atoms with Gasteiger partial charge < -0.3 is 14.8 Å². The van der Waals surface area contributed by atoms with Gasteiger partial charge in [-0.3, -0.25) is 0 Å². The summed E-state index contributed by atoms with van der Waals surface area (Å²) in [5.41, 5.74) is 1.31. The molecule has 1 unspecified atom stereocenters. The van der Waals surface area contributed by atoms with Crippen molar-refractivity contribution in [1.82, 2.24) is 5.32 Å². The molecule has 1 N–H and O–H groups in total. The average Bonchev–Trinajstić information content (AvgIpc) is 2.43. The first-order chi connectivity index (χ1) is 9.26. The van der Waals surface area contributed by atoms with Crippen molar-refractivity contribution in [2.45, 2.75) is 30.0 Å². The number of rotatable bonds is 10. The first kappa shape index (κ1) is 16.5. The monoisotopic (exact) mass is 283 g/mol. The molecule has 3 nitrogen and oxygen atoms in total. The molecular weight excluding hydrogens is 258 g/mol. The molecule has 1 rings (SSSR count). The quantitative estimate of drug-likeness (QED) is 0.528. The van der Waals surface area contributed by atoms with Gasteiger partial charge in [-0.25, -0.2) is 0 Å². The van der Waals surface area contributed by atoms with Crippen LogP contribution in [-0.2, 0) is 16.0 Å². The van der Waals surface area contributed by atoms with E-state index in [0.29, 0.717) is 5.25 Å². The van der Waals surface area contributed by atoms with Gasteiger partial charge in [0, 0.05) is 44.1 Å². The molecule has 0 saturated carbocycles. The summed E-state index contributed by atoms with van der Waals surface area (Å²) in [6.07, 6.45) is 1.08. The second kappa shape index (κ2) is 10.3. The Hall–Kier alpha value is -0.550. The highest BCUT2D eigenvalue weighted by Gasteiger charge is 2.04. The molecule has 0 aromatic heterocycles. The molecule has 0 fully saturated rings. The lowest BCUT2D eigenvalue weighted by Crippen LogP contribution is -2.18. The summed E-state index contributed by atoms with van der Waals surface area (Å²) in [6.45, 7) is 5.61. The van der Waals surface area contributed by atoms with Crippen molar-refractivity contribution < 1.29 is 9.47 Å². The van der Waals surface area contributed by atoms with Gasteiger partial charge in [0.1, 0.15) is 0 Å². The predicted octanol–water partition coefficient (Wildman–Crippen LogP) is 2.94. The molecule has 0 saturated heterocycles. The summed E-state index contributed by atoms with van der Waals surface area (Å²) < 4.78 is 10.1. The van der Waals surface area contributed by atoms with Crippen LogP contribution in [-0.4, -0.2) is 39.2 Å². The molecular formula is C15H25NO2S. The van der Waals surface area contributed by atoms with Crippen molar-refractivity contribution >= 4 is 11.8 Å². The second-order valence-corrected chi connectivity index (χ2v) is 6.04. The Kier molecular flexibility index (Phi) is 8.91. The zero-order chi connectivity index (χ0) is 13.9. The molecule has 0 spiro atoms. The molecule has 0 aliphatic heterocycles. The molecule has 0 heterocycles. The Morgan fingerprint density at radius 1 is 1.11 bits per heavy atom. The maximum Gasteiger partial charge on any atom is 0.0587 e. The van der Waals surface area contributed by atoms with Crippen molar-refractivity contribution in [1.29, 1.82) is 0 Å². The Balaban J connectivity index is 2.30. The summed E-state index contributed by atoms with van der Waals surface area (Å²) >= 11 is 1.90. The highest BCUT2D eigenvalue weighted by Crippen LogP contribution is 2.25. The third-order valence-corrected chi connectivity index (χ3v) is 3.98. The van der Waals surface area contributed by atoms with Crippen LogP contribution in [0.15, 0.2) is 29.2 Å². The van der Waals surface area contributed by atoms with Crippen molar-refractivity contribution in [2.24, 2.45) is 0 Å². The van der Waals surface area contributed by atoms with Crippen LogP contribution < -0.4 is 5.32 Å². The standard InChI is InChI=1S/C15H25NO2S/c1-13(8-10-17-2)19-15-6-4-14(5-7-15)12-16-9-11-18-3/h4-7,13,16H,8-12H2,1-3H3. The van der Waals surface area contributed by atoms with E-state index in [1.165, 1.54) is 10.5 Å². The molecule has 108 valence electrons. The molecule has 19 heavy (non-hydrogen) atoms. The van der Waals surface area contributed by atoms with Crippen molar-refractivity contribution in [3.8, 4) is 0 Å². The minimum atomic E-state index is 0.589. The van der Waals surface area contributed by atoms with Gasteiger partial charge in [-0.2, -0.15) is 0 Å². The van der Waals surface area contributed by atoms with Crippen LogP contribution in [0.1, 0.15) is 18.9 Å². The molecule has 1 atom stereocenters. The molecule has 1 aromatic carbocycles. The largest absolute Gasteiger partial charge is 0.385 e. The number of thioether (sulfide) groups is 1. The number of benzene rings is 1. The van der Waals surface area contributed by atoms with Crippen LogP contribution in [0.2, 0.25) is 0 Å². The third kappa shape index (κ3) is 7.57. The average molecular weight is 283 g/mol. The smallest absolute Gasteiger partial charge is 0.0587 e. The van der Waals surface area contributed by atoms with Crippen molar-refractivity contribution in [2.75, 3.05) is 34.0 Å². The van der Waals surface area contributed by atoms with Crippen LogP contribution in [0.3, 0.4) is 0 Å². The van der Waals surface area contributed by atoms with Crippen LogP contribution in [0.4, 0.5) is 0 Å². The summed E-state index contributed by atoms with van der Waals surface area (Å²) in [5, 5.41) is 3.93. The Morgan fingerprint density at radius 3 is 2.42 bits per heavy atom. The van der Waals surface area contributed by atoms with E-state index >= 15 is 0 Å². The first-order valence-corrected chi connectivity index (χ1v) is 7.58. The van der Waals surface area contributed by atoms with Gasteiger partial charge in [-0.05, 0) is 24.1 Å².